The van der Waals surface area contributed by atoms with E-state index in [0.717, 1.165) is 12.8 Å². The molecule has 0 unspecified atom stereocenters. The predicted molar refractivity (Wildman–Crippen MR) is 131 cm³/mol. The van der Waals surface area contributed by atoms with Gasteiger partial charge in [-0.3, -0.25) is 14.4 Å². The number of benzene rings is 2. The zero-order chi connectivity index (χ0) is 23.8. The molecule has 1 heterocycles. The summed E-state index contributed by atoms with van der Waals surface area (Å²) in [6.45, 7) is 3.69. The molecular formula is C25H27N3O4S. The van der Waals surface area contributed by atoms with Crippen LogP contribution in [0.3, 0.4) is 0 Å². The number of anilines is 2. The van der Waals surface area contributed by atoms with E-state index < -0.39 is 5.91 Å². The number of hydrogen-bond donors (Lipinski definition) is 3. The largest absolute Gasteiger partial charge is 0.490 e. The second-order valence-corrected chi connectivity index (χ2v) is 8.79. The Balaban J connectivity index is 1.61. The van der Waals surface area contributed by atoms with Crippen LogP contribution < -0.4 is 21.1 Å². The highest BCUT2D eigenvalue weighted by Crippen LogP contribution is 2.24. The van der Waals surface area contributed by atoms with Gasteiger partial charge in [-0.05, 0) is 74.5 Å². The molecule has 0 aliphatic heterocycles. The number of rotatable bonds is 10. The van der Waals surface area contributed by atoms with Gasteiger partial charge in [-0.15, -0.1) is 11.3 Å². The molecule has 33 heavy (non-hydrogen) atoms. The number of ether oxygens (including phenoxy) is 1. The molecule has 0 aliphatic carbocycles. The smallest absolute Gasteiger partial charge is 0.255 e. The van der Waals surface area contributed by atoms with Crippen molar-refractivity contribution in [1.82, 2.24) is 0 Å². The Morgan fingerprint density at radius 2 is 1.79 bits per heavy atom. The van der Waals surface area contributed by atoms with E-state index in [1.54, 1.807) is 47.7 Å². The van der Waals surface area contributed by atoms with Crippen molar-refractivity contribution in [3.8, 4) is 5.75 Å². The maximum Gasteiger partial charge on any atom is 0.255 e. The molecule has 3 rings (SSSR count). The summed E-state index contributed by atoms with van der Waals surface area (Å²) in [5.41, 5.74) is 6.97. The molecule has 7 nitrogen and oxygen atoms in total. The Bertz CT molecular complexity index is 1130. The summed E-state index contributed by atoms with van der Waals surface area (Å²) in [6.07, 6.45) is 1.89. The molecule has 0 bridgehead atoms. The minimum absolute atomic E-state index is 0.101. The van der Waals surface area contributed by atoms with Crippen LogP contribution >= 0.6 is 11.3 Å². The molecule has 1 aromatic heterocycles. The monoisotopic (exact) mass is 465 g/mol. The van der Waals surface area contributed by atoms with Gasteiger partial charge in [0.25, 0.3) is 11.8 Å². The second kappa shape index (κ2) is 11.3. The lowest BCUT2D eigenvalue weighted by molar-refractivity contribution is -0.116. The molecule has 172 valence electrons. The van der Waals surface area contributed by atoms with Gasteiger partial charge in [0.2, 0.25) is 5.91 Å². The van der Waals surface area contributed by atoms with E-state index in [0.29, 0.717) is 29.1 Å². The minimum atomic E-state index is -0.648. The zero-order valence-corrected chi connectivity index (χ0v) is 19.4. The first kappa shape index (κ1) is 24.0. The zero-order valence-electron chi connectivity index (χ0n) is 18.6. The van der Waals surface area contributed by atoms with Crippen molar-refractivity contribution < 1.29 is 19.1 Å². The van der Waals surface area contributed by atoms with E-state index in [9.17, 15) is 14.4 Å². The molecule has 0 spiro atoms. The first-order valence-electron chi connectivity index (χ1n) is 10.7. The molecule has 3 amide bonds. The second-order valence-electron chi connectivity index (χ2n) is 7.76. The maximum atomic E-state index is 12.7. The molecule has 0 fully saturated rings. The van der Waals surface area contributed by atoms with Crippen molar-refractivity contribution in [3.63, 3.8) is 0 Å². The van der Waals surface area contributed by atoms with E-state index in [1.807, 2.05) is 25.3 Å². The molecule has 8 heteroatoms. The third-order valence-corrected chi connectivity index (χ3v) is 5.62. The Hall–Kier alpha value is -3.65. The van der Waals surface area contributed by atoms with Gasteiger partial charge in [0.15, 0.2) is 0 Å². The van der Waals surface area contributed by atoms with Crippen LogP contribution in [0.25, 0.3) is 0 Å². The van der Waals surface area contributed by atoms with Crippen LogP contribution in [0.15, 0.2) is 60.0 Å². The van der Waals surface area contributed by atoms with E-state index in [1.165, 1.54) is 10.9 Å². The quantitative estimate of drug-likeness (QED) is 0.397. The summed E-state index contributed by atoms with van der Waals surface area (Å²) in [5.74, 6) is -0.766. The molecule has 0 saturated carbocycles. The van der Waals surface area contributed by atoms with E-state index in [2.05, 4.69) is 16.7 Å². The van der Waals surface area contributed by atoms with Gasteiger partial charge in [0.1, 0.15) is 5.75 Å². The van der Waals surface area contributed by atoms with Gasteiger partial charge in [0.05, 0.1) is 11.7 Å². The normalized spacial score (nSPS) is 10.6. The minimum Gasteiger partial charge on any atom is -0.490 e. The highest BCUT2D eigenvalue weighted by atomic mass is 32.1. The van der Waals surface area contributed by atoms with Gasteiger partial charge in [-0.1, -0.05) is 12.1 Å². The average molecular weight is 466 g/mol. The molecular weight excluding hydrogens is 438 g/mol. The van der Waals surface area contributed by atoms with Crippen LogP contribution in [0.5, 0.6) is 5.75 Å². The van der Waals surface area contributed by atoms with Crippen molar-refractivity contribution in [2.75, 3.05) is 10.6 Å². The fourth-order valence-electron chi connectivity index (χ4n) is 3.20. The topological polar surface area (TPSA) is 111 Å². The number of thiophene rings is 1. The van der Waals surface area contributed by atoms with Crippen LogP contribution in [0.1, 0.15) is 52.3 Å². The highest BCUT2D eigenvalue weighted by Gasteiger charge is 2.14. The van der Waals surface area contributed by atoms with Gasteiger partial charge in [-0.25, -0.2) is 0 Å². The Morgan fingerprint density at radius 3 is 2.48 bits per heavy atom. The lowest BCUT2D eigenvalue weighted by atomic mass is 10.1. The number of carbonyl (C=O) groups excluding carboxylic acids is 3. The summed E-state index contributed by atoms with van der Waals surface area (Å²) in [4.78, 5) is 38.0. The maximum absolute atomic E-state index is 12.7. The summed E-state index contributed by atoms with van der Waals surface area (Å²) in [7, 11) is 0. The Morgan fingerprint density at radius 1 is 1.00 bits per heavy atom. The van der Waals surface area contributed by atoms with Crippen molar-refractivity contribution in [2.45, 2.75) is 39.2 Å². The molecule has 0 saturated heterocycles. The predicted octanol–water partition coefficient (Wildman–Crippen LogP) is 4.85. The molecule has 4 N–H and O–H groups in total. The Kier molecular flexibility index (Phi) is 8.21. The van der Waals surface area contributed by atoms with Crippen LogP contribution in [0.2, 0.25) is 0 Å². The number of nitrogens with one attached hydrogen (secondary N) is 2. The van der Waals surface area contributed by atoms with Crippen molar-refractivity contribution in [2.24, 2.45) is 5.73 Å². The lowest BCUT2D eigenvalue weighted by Gasteiger charge is -2.14. The number of nitrogens with two attached hydrogens (primary N) is 1. The van der Waals surface area contributed by atoms with Gasteiger partial charge in [-0.2, -0.15) is 0 Å². The fourth-order valence-corrected chi connectivity index (χ4v) is 3.95. The third kappa shape index (κ3) is 7.18. The van der Waals surface area contributed by atoms with Crippen molar-refractivity contribution >= 4 is 40.4 Å². The Labute approximate surface area is 197 Å². The van der Waals surface area contributed by atoms with Crippen molar-refractivity contribution in [3.05, 3.63) is 76.0 Å². The van der Waals surface area contributed by atoms with Crippen LogP contribution in [0, 0.1) is 0 Å². The summed E-state index contributed by atoms with van der Waals surface area (Å²) in [6, 6.07) is 15.5. The molecule has 3 aromatic rings. The lowest BCUT2D eigenvalue weighted by Crippen LogP contribution is -2.17. The fraction of sp³-hybridized carbons (Fsp3) is 0.240. The number of amides is 3. The summed E-state index contributed by atoms with van der Waals surface area (Å²) >= 11 is 1.68. The van der Waals surface area contributed by atoms with Gasteiger partial charge >= 0.3 is 0 Å². The van der Waals surface area contributed by atoms with Crippen LogP contribution in [0.4, 0.5) is 11.4 Å². The molecule has 0 aliphatic rings. The van der Waals surface area contributed by atoms with Crippen molar-refractivity contribution in [1.29, 1.82) is 0 Å². The molecule has 0 atom stereocenters. The number of hydrogen-bond acceptors (Lipinski definition) is 5. The first-order valence-corrected chi connectivity index (χ1v) is 11.5. The van der Waals surface area contributed by atoms with Gasteiger partial charge < -0.3 is 21.1 Å². The van der Waals surface area contributed by atoms with Crippen LogP contribution in [-0.4, -0.2) is 23.8 Å². The standard InChI is InChI=1S/C25H27N3O4S/c1-16(2)32-22-12-11-19(15-21(22)24(26)30)28-25(31)17-6-3-7-18(14-17)27-23(29)10-4-8-20-9-5-13-33-20/h3,5-7,9,11-16H,4,8,10H2,1-2H3,(H2,26,30)(H,27,29)(H,28,31). The highest BCUT2D eigenvalue weighted by molar-refractivity contribution is 7.09. The van der Waals surface area contributed by atoms with E-state index in [-0.39, 0.29) is 23.5 Å². The first-order chi connectivity index (χ1) is 15.8. The van der Waals surface area contributed by atoms with Crippen LogP contribution in [-0.2, 0) is 11.2 Å². The number of aryl methyl sites for hydroxylation is 1. The van der Waals surface area contributed by atoms with Gasteiger partial charge in [0, 0.05) is 28.2 Å². The SMILES string of the molecule is CC(C)Oc1ccc(NC(=O)c2cccc(NC(=O)CCCc3cccs3)c2)cc1C(N)=O. The average Bonchev–Trinajstić information content (AvgIpc) is 3.28. The summed E-state index contributed by atoms with van der Waals surface area (Å²) in [5, 5.41) is 7.61. The number of primary amides is 1. The van der Waals surface area contributed by atoms with E-state index in [4.69, 9.17) is 10.5 Å². The summed E-state index contributed by atoms with van der Waals surface area (Å²) < 4.78 is 5.60. The van der Waals surface area contributed by atoms with E-state index >= 15 is 0 Å². The number of carbonyl (C=O) groups is 3. The molecule has 0 radical (unpaired) electrons. The third-order valence-electron chi connectivity index (χ3n) is 4.68. The molecule has 2 aromatic carbocycles.